The van der Waals surface area contributed by atoms with Gasteiger partial charge in [0.1, 0.15) is 0 Å². The highest BCUT2D eigenvalue weighted by Crippen LogP contribution is 2.13. The van der Waals surface area contributed by atoms with E-state index in [2.05, 4.69) is 9.66 Å². The predicted octanol–water partition coefficient (Wildman–Crippen LogP) is 1.88. The summed E-state index contributed by atoms with van der Waals surface area (Å²) in [6.07, 6.45) is 0.474. The van der Waals surface area contributed by atoms with Gasteiger partial charge in [-0.3, -0.25) is 4.72 Å². The van der Waals surface area contributed by atoms with E-state index in [0.717, 1.165) is 0 Å². The number of rotatable bonds is 5. The van der Waals surface area contributed by atoms with Crippen LogP contribution in [0.15, 0.2) is 24.3 Å². The average Bonchev–Trinajstić information content (AvgIpc) is 2.27. The van der Waals surface area contributed by atoms with Crippen LogP contribution in [0.5, 0.6) is 0 Å². The Bertz CT molecular complexity index is 501. The van der Waals surface area contributed by atoms with Crippen molar-refractivity contribution in [1.82, 2.24) is 0 Å². The van der Waals surface area contributed by atoms with Crippen molar-refractivity contribution >= 4 is 21.7 Å². The fourth-order valence-electron chi connectivity index (χ4n) is 1.25. The molecule has 0 aliphatic carbocycles. The van der Waals surface area contributed by atoms with Crippen LogP contribution in [0.4, 0.5) is 10.2 Å². The normalized spacial score (nSPS) is 10.9. The third-order valence-electron chi connectivity index (χ3n) is 1.91. The van der Waals surface area contributed by atoms with Crippen LogP contribution in [-0.4, -0.2) is 20.1 Å². The summed E-state index contributed by atoms with van der Waals surface area (Å²) in [7, 11) is -3.43. The second-order valence-electron chi connectivity index (χ2n) is 3.37. The molecule has 1 N–H and O–H groups in total. The zero-order valence-electron chi connectivity index (χ0n) is 9.14. The van der Waals surface area contributed by atoms with Gasteiger partial charge in [-0.2, -0.15) is 0 Å². The Morgan fingerprint density at radius 1 is 1.47 bits per heavy atom. The van der Waals surface area contributed by atoms with E-state index in [4.69, 9.17) is 0 Å². The highest BCUT2D eigenvalue weighted by atomic mass is 32.2. The molecule has 1 aromatic carbocycles. The summed E-state index contributed by atoms with van der Waals surface area (Å²) >= 11 is 0. The molecule has 0 saturated heterocycles. The standard InChI is InChI=1S/C10H12FNO4S/c1-2-6-17(14,15)12-9-5-3-4-8(7-9)10(13)16-11/h3-5,7,12H,2,6H2,1H3. The maximum atomic E-state index is 11.7. The van der Waals surface area contributed by atoms with Crippen LogP contribution in [0.1, 0.15) is 23.7 Å². The van der Waals surface area contributed by atoms with Gasteiger partial charge in [-0.15, -0.1) is 0 Å². The first kappa shape index (κ1) is 13.4. The molecule has 0 aliphatic rings. The smallest absolute Gasteiger partial charge is 0.284 e. The SMILES string of the molecule is CCCS(=O)(=O)Nc1cccc(C(=O)OF)c1. The maximum absolute atomic E-state index is 11.7. The van der Waals surface area contributed by atoms with E-state index >= 15 is 0 Å². The van der Waals surface area contributed by atoms with Crippen molar-refractivity contribution in [3.05, 3.63) is 29.8 Å². The van der Waals surface area contributed by atoms with Crippen LogP contribution < -0.4 is 4.72 Å². The first-order chi connectivity index (χ1) is 7.98. The van der Waals surface area contributed by atoms with Gasteiger partial charge in [0.15, 0.2) is 0 Å². The molecule has 0 fully saturated rings. The fraction of sp³-hybridized carbons (Fsp3) is 0.300. The summed E-state index contributed by atoms with van der Waals surface area (Å²) in [4.78, 5) is 13.9. The third kappa shape index (κ3) is 4.03. The van der Waals surface area contributed by atoms with Crippen molar-refractivity contribution in [2.75, 3.05) is 10.5 Å². The topological polar surface area (TPSA) is 72.5 Å². The van der Waals surface area contributed by atoms with Gasteiger partial charge in [0.05, 0.1) is 11.3 Å². The molecule has 0 radical (unpaired) electrons. The van der Waals surface area contributed by atoms with Crippen molar-refractivity contribution in [2.45, 2.75) is 13.3 Å². The molecule has 0 saturated carbocycles. The molecule has 0 aliphatic heterocycles. The summed E-state index contributed by atoms with van der Waals surface area (Å²) in [5.74, 6) is -1.19. The Kier molecular flexibility index (Phi) is 4.45. The summed E-state index contributed by atoms with van der Waals surface area (Å²) < 4.78 is 36.9. The van der Waals surface area contributed by atoms with Gasteiger partial charge in [0, 0.05) is 10.2 Å². The molecule has 0 heterocycles. The second-order valence-corrected chi connectivity index (χ2v) is 5.21. The first-order valence-corrected chi connectivity index (χ1v) is 6.57. The van der Waals surface area contributed by atoms with Gasteiger partial charge < -0.3 is 0 Å². The van der Waals surface area contributed by atoms with Gasteiger partial charge in [0.25, 0.3) is 0 Å². The lowest BCUT2D eigenvalue weighted by Gasteiger charge is -2.07. The minimum atomic E-state index is -3.43. The lowest BCUT2D eigenvalue weighted by atomic mass is 10.2. The molecular weight excluding hydrogens is 249 g/mol. The number of anilines is 1. The Balaban J connectivity index is 2.90. The fourth-order valence-corrected chi connectivity index (χ4v) is 2.38. The Hall–Kier alpha value is -1.63. The summed E-state index contributed by atoms with van der Waals surface area (Å²) in [5.41, 5.74) is 0.130. The largest absolute Gasteiger partial charge is 0.379 e. The van der Waals surface area contributed by atoms with E-state index in [0.29, 0.717) is 6.42 Å². The molecule has 0 amide bonds. The summed E-state index contributed by atoms with van der Waals surface area (Å²) in [5, 5.41) is 0. The summed E-state index contributed by atoms with van der Waals surface area (Å²) in [6, 6.07) is 5.41. The minimum absolute atomic E-state index is 0.0230. The highest BCUT2D eigenvalue weighted by molar-refractivity contribution is 7.92. The third-order valence-corrected chi connectivity index (χ3v) is 3.41. The first-order valence-electron chi connectivity index (χ1n) is 4.92. The van der Waals surface area contributed by atoms with Gasteiger partial charge in [-0.25, -0.2) is 18.2 Å². The average molecular weight is 261 g/mol. The second kappa shape index (κ2) is 5.62. The Morgan fingerprint density at radius 3 is 2.76 bits per heavy atom. The van der Waals surface area contributed by atoms with E-state index < -0.39 is 16.0 Å². The molecule has 7 heteroatoms. The van der Waals surface area contributed by atoms with Crippen LogP contribution in [0.25, 0.3) is 0 Å². The molecule has 5 nitrogen and oxygen atoms in total. The number of halogens is 1. The number of carbonyl (C=O) groups excluding carboxylic acids is 1. The minimum Gasteiger partial charge on any atom is -0.284 e. The van der Waals surface area contributed by atoms with E-state index in [9.17, 15) is 17.7 Å². The molecule has 0 atom stereocenters. The molecule has 0 unspecified atom stereocenters. The monoisotopic (exact) mass is 261 g/mol. The van der Waals surface area contributed by atoms with Crippen molar-refractivity contribution in [3.8, 4) is 0 Å². The molecule has 1 aromatic rings. The van der Waals surface area contributed by atoms with E-state index in [1.807, 2.05) is 0 Å². The van der Waals surface area contributed by atoms with Crippen LogP contribution in [-0.2, 0) is 15.0 Å². The van der Waals surface area contributed by atoms with E-state index in [1.165, 1.54) is 24.3 Å². The predicted molar refractivity (Wildman–Crippen MR) is 60.7 cm³/mol. The molecule has 94 valence electrons. The zero-order chi connectivity index (χ0) is 12.9. The van der Waals surface area contributed by atoms with Crippen molar-refractivity contribution in [2.24, 2.45) is 0 Å². The van der Waals surface area contributed by atoms with Crippen LogP contribution in [0, 0.1) is 0 Å². The van der Waals surface area contributed by atoms with Crippen molar-refractivity contribution < 1.29 is 22.7 Å². The van der Waals surface area contributed by atoms with Crippen molar-refractivity contribution in [3.63, 3.8) is 0 Å². The quantitative estimate of drug-likeness (QED) is 0.878. The molecule has 0 bridgehead atoms. The molecule has 1 rings (SSSR count). The molecule has 0 spiro atoms. The lowest BCUT2D eigenvalue weighted by Crippen LogP contribution is -2.16. The van der Waals surface area contributed by atoms with Crippen LogP contribution >= 0.6 is 0 Å². The van der Waals surface area contributed by atoms with Gasteiger partial charge >= 0.3 is 5.97 Å². The zero-order valence-corrected chi connectivity index (χ0v) is 9.96. The van der Waals surface area contributed by atoms with Crippen molar-refractivity contribution in [1.29, 1.82) is 0 Å². The Morgan fingerprint density at radius 2 is 2.18 bits per heavy atom. The molecule has 17 heavy (non-hydrogen) atoms. The van der Waals surface area contributed by atoms with E-state index in [-0.39, 0.29) is 17.0 Å². The number of sulfonamides is 1. The van der Waals surface area contributed by atoms with E-state index in [1.54, 1.807) is 6.92 Å². The van der Waals surface area contributed by atoms with Gasteiger partial charge in [0.2, 0.25) is 10.0 Å². The Labute approximate surface area is 98.5 Å². The number of hydrogen-bond acceptors (Lipinski definition) is 4. The maximum Gasteiger partial charge on any atom is 0.379 e. The number of nitrogens with one attached hydrogen (secondary N) is 1. The lowest BCUT2D eigenvalue weighted by molar-refractivity contribution is -0.0787. The number of carbonyl (C=O) groups is 1. The molecular formula is C10H12FNO4S. The van der Waals surface area contributed by atoms with Gasteiger partial charge in [-0.1, -0.05) is 13.0 Å². The number of hydrogen-bond donors (Lipinski definition) is 1. The number of benzene rings is 1. The van der Waals surface area contributed by atoms with Crippen LogP contribution in [0.2, 0.25) is 0 Å². The van der Waals surface area contributed by atoms with Gasteiger partial charge in [-0.05, 0) is 24.6 Å². The highest BCUT2D eigenvalue weighted by Gasteiger charge is 2.12. The van der Waals surface area contributed by atoms with Crippen LogP contribution in [0.3, 0.4) is 0 Å². The molecule has 0 aromatic heterocycles. The summed E-state index contributed by atoms with van der Waals surface area (Å²) in [6.45, 7) is 1.73.